The van der Waals surface area contributed by atoms with Gasteiger partial charge in [-0.3, -0.25) is 0 Å². The van der Waals surface area contributed by atoms with Gasteiger partial charge in [0.15, 0.2) is 0 Å². The second kappa shape index (κ2) is 14.7. The molecule has 0 aliphatic carbocycles. The van der Waals surface area contributed by atoms with Crippen LogP contribution in [0.3, 0.4) is 0 Å². The van der Waals surface area contributed by atoms with Crippen LogP contribution in [0.5, 0.6) is 0 Å². The zero-order valence-corrected chi connectivity index (χ0v) is 35.4. The zero-order chi connectivity index (χ0) is 42.1. The second-order valence-electron chi connectivity index (χ2n) is 16.4. The molecular formula is C60H37NO2S. The number of hydrogen-bond acceptors (Lipinski definition) is 4. The maximum Gasteiger partial charge on any atom is 0.136 e. The van der Waals surface area contributed by atoms with Crippen molar-refractivity contribution >= 4 is 92.4 Å². The van der Waals surface area contributed by atoms with E-state index in [0.717, 1.165) is 88.8 Å². The van der Waals surface area contributed by atoms with Crippen LogP contribution in [0.4, 0.5) is 17.1 Å². The number of fused-ring (bicyclic) bond motifs is 9. The van der Waals surface area contributed by atoms with E-state index in [-0.39, 0.29) is 0 Å². The standard InChI is InChI=1S/C60H37NO2S/c1-4-17-53-49(12-1)52-37-43(28-35-55(52)62-53)42-11-7-10-41(36-42)38-22-29-44(30-23-38)61(45-31-24-39(25-32-45)47-15-8-19-56-59(47)50-13-2-5-18-54(50)63-56)46-33-26-40(27-34-46)48-16-9-21-58-60(48)51-14-3-6-20-57(51)64-58/h1-37H. The lowest BCUT2D eigenvalue weighted by Gasteiger charge is -2.26. The van der Waals surface area contributed by atoms with Gasteiger partial charge in [-0.15, -0.1) is 11.3 Å². The van der Waals surface area contributed by atoms with E-state index in [0.29, 0.717) is 0 Å². The number of anilines is 3. The number of rotatable bonds is 7. The van der Waals surface area contributed by atoms with Crippen LogP contribution in [-0.4, -0.2) is 0 Å². The molecule has 13 aromatic rings. The molecule has 4 heteroatoms. The normalized spacial score (nSPS) is 11.8. The monoisotopic (exact) mass is 835 g/mol. The molecule has 3 nitrogen and oxygen atoms in total. The van der Waals surface area contributed by atoms with Gasteiger partial charge in [0.05, 0.1) is 0 Å². The van der Waals surface area contributed by atoms with Crippen molar-refractivity contribution in [1.29, 1.82) is 0 Å². The molecule has 3 aromatic heterocycles. The molecule has 0 aliphatic rings. The smallest absolute Gasteiger partial charge is 0.136 e. The SMILES string of the molecule is c1cc(-c2ccc(N(c3ccc(-c4cccc5oc6ccccc6c45)cc3)c3ccc(-c4cccc5sc6ccccc6c45)cc3)cc2)cc(-c2ccc3oc4ccccc4c3c2)c1. The van der Waals surface area contributed by atoms with Crippen LogP contribution in [0, 0.1) is 0 Å². The van der Waals surface area contributed by atoms with Crippen LogP contribution in [0.25, 0.3) is 109 Å². The Morgan fingerprint density at radius 1 is 0.281 bits per heavy atom. The Balaban J connectivity index is 0.883. The van der Waals surface area contributed by atoms with Gasteiger partial charge in [0.25, 0.3) is 0 Å². The Labute approximate surface area is 373 Å². The van der Waals surface area contributed by atoms with Crippen LogP contribution in [-0.2, 0) is 0 Å². The summed E-state index contributed by atoms with van der Waals surface area (Å²) in [7, 11) is 0. The van der Waals surface area contributed by atoms with Crippen LogP contribution < -0.4 is 4.90 Å². The first kappa shape index (κ1) is 36.5. The maximum atomic E-state index is 6.26. The molecule has 64 heavy (non-hydrogen) atoms. The third kappa shape index (κ3) is 6.03. The van der Waals surface area contributed by atoms with Gasteiger partial charge in [-0.1, -0.05) is 140 Å². The van der Waals surface area contributed by atoms with Crippen molar-refractivity contribution in [1.82, 2.24) is 0 Å². The molecule has 0 saturated heterocycles. The van der Waals surface area contributed by atoms with E-state index in [1.807, 2.05) is 35.6 Å². The molecule has 0 radical (unpaired) electrons. The summed E-state index contributed by atoms with van der Waals surface area (Å²) in [5.74, 6) is 0. The van der Waals surface area contributed by atoms with E-state index in [1.54, 1.807) is 0 Å². The molecule has 0 saturated carbocycles. The number of thiophene rings is 1. The fraction of sp³-hybridized carbons (Fsp3) is 0. The first-order valence-corrected chi connectivity index (χ1v) is 22.5. The van der Waals surface area contributed by atoms with Gasteiger partial charge in [0.2, 0.25) is 0 Å². The fourth-order valence-corrected chi connectivity index (χ4v) is 10.8. The van der Waals surface area contributed by atoms with Gasteiger partial charge in [-0.25, -0.2) is 0 Å². The molecule has 0 amide bonds. The highest BCUT2D eigenvalue weighted by Gasteiger charge is 2.18. The lowest BCUT2D eigenvalue weighted by molar-refractivity contribution is 0.668. The average Bonchev–Trinajstić information content (AvgIpc) is 4.06. The van der Waals surface area contributed by atoms with E-state index in [4.69, 9.17) is 8.83 Å². The Kier molecular flexibility index (Phi) is 8.40. The van der Waals surface area contributed by atoms with Crippen LogP contribution in [0.1, 0.15) is 0 Å². The van der Waals surface area contributed by atoms with Crippen molar-refractivity contribution in [2.24, 2.45) is 0 Å². The highest BCUT2D eigenvalue weighted by molar-refractivity contribution is 7.25. The van der Waals surface area contributed by atoms with Crippen molar-refractivity contribution in [2.45, 2.75) is 0 Å². The lowest BCUT2D eigenvalue weighted by atomic mass is 9.97. The predicted molar refractivity (Wildman–Crippen MR) is 270 cm³/mol. The fourth-order valence-electron chi connectivity index (χ4n) is 9.64. The van der Waals surface area contributed by atoms with Gasteiger partial charge in [-0.2, -0.15) is 0 Å². The summed E-state index contributed by atoms with van der Waals surface area (Å²) in [6.45, 7) is 0. The van der Waals surface area contributed by atoms with E-state index in [2.05, 4.69) is 205 Å². The second-order valence-corrected chi connectivity index (χ2v) is 17.5. The highest BCUT2D eigenvalue weighted by Crippen LogP contribution is 2.43. The summed E-state index contributed by atoms with van der Waals surface area (Å²) in [6, 6.07) is 80.5. The van der Waals surface area contributed by atoms with Crippen LogP contribution >= 0.6 is 11.3 Å². The minimum Gasteiger partial charge on any atom is -0.456 e. The molecule has 3 heterocycles. The number of hydrogen-bond donors (Lipinski definition) is 0. The molecule has 0 spiro atoms. The minimum absolute atomic E-state index is 0.897. The Hall–Kier alpha value is -8.18. The van der Waals surface area contributed by atoms with Crippen molar-refractivity contribution in [3.05, 3.63) is 224 Å². The van der Waals surface area contributed by atoms with Crippen molar-refractivity contribution < 1.29 is 8.83 Å². The topological polar surface area (TPSA) is 29.5 Å². The summed E-state index contributed by atoms with van der Waals surface area (Å²) in [4.78, 5) is 2.35. The minimum atomic E-state index is 0.897. The van der Waals surface area contributed by atoms with Gasteiger partial charge in [0.1, 0.15) is 22.3 Å². The van der Waals surface area contributed by atoms with E-state index < -0.39 is 0 Å². The first-order valence-electron chi connectivity index (χ1n) is 21.6. The molecule has 300 valence electrons. The molecule has 0 aliphatic heterocycles. The Bertz CT molecular complexity index is 3730. The van der Waals surface area contributed by atoms with Crippen molar-refractivity contribution in [2.75, 3.05) is 4.90 Å². The molecule has 10 aromatic carbocycles. The molecule has 0 atom stereocenters. The molecular weight excluding hydrogens is 799 g/mol. The largest absolute Gasteiger partial charge is 0.456 e. The number of para-hydroxylation sites is 2. The van der Waals surface area contributed by atoms with Gasteiger partial charge in [-0.05, 0) is 129 Å². The molecule has 0 fully saturated rings. The van der Waals surface area contributed by atoms with Crippen LogP contribution in [0.2, 0.25) is 0 Å². The zero-order valence-electron chi connectivity index (χ0n) is 34.5. The molecule has 13 rings (SSSR count). The first-order chi connectivity index (χ1) is 31.7. The number of furan rings is 2. The molecule has 0 N–H and O–H groups in total. The summed E-state index contributed by atoms with van der Waals surface area (Å²) in [5.41, 5.74) is 16.2. The van der Waals surface area contributed by atoms with Gasteiger partial charge < -0.3 is 13.7 Å². The third-order valence-corrected chi connectivity index (χ3v) is 13.8. The van der Waals surface area contributed by atoms with Crippen molar-refractivity contribution in [3.8, 4) is 44.5 Å². The average molecular weight is 836 g/mol. The number of nitrogens with zero attached hydrogens (tertiary/aromatic N) is 1. The van der Waals surface area contributed by atoms with Crippen LogP contribution in [0.15, 0.2) is 233 Å². The quantitative estimate of drug-likeness (QED) is 0.160. The predicted octanol–water partition coefficient (Wildman–Crippen LogP) is 18.0. The maximum absolute atomic E-state index is 6.26. The lowest BCUT2D eigenvalue weighted by Crippen LogP contribution is -2.09. The Morgan fingerprint density at radius 3 is 1.47 bits per heavy atom. The summed E-state index contributed by atoms with van der Waals surface area (Å²) in [5, 5.41) is 7.16. The van der Waals surface area contributed by atoms with Crippen molar-refractivity contribution in [3.63, 3.8) is 0 Å². The molecule has 0 unspecified atom stereocenters. The highest BCUT2D eigenvalue weighted by atomic mass is 32.1. The summed E-state index contributed by atoms with van der Waals surface area (Å²) < 4.78 is 15.0. The van der Waals surface area contributed by atoms with E-state index in [1.165, 1.54) is 36.9 Å². The summed E-state index contributed by atoms with van der Waals surface area (Å²) >= 11 is 1.86. The summed E-state index contributed by atoms with van der Waals surface area (Å²) in [6.07, 6.45) is 0. The molecule has 0 bridgehead atoms. The van der Waals surface area contributed by atoms with E-state index >= 15 is 0 Å². The third-order valence-electron chi connectivity index (χ3n) is 12.7. The number of benzene rings is 10. The Morgan fingerprint density at radius 2 is 0.750 bits per heavy atom. The van der Waals surface area contributed by atoms with Gasteiger partial charge >= 0.3 is 0 Å². The van der Waals surface area contributed by atoms with Gasteiger partial charge in [0, 0.05) is 58.8 Å². The van der Waals surface area contributed by atoms with E-state index in [9.17, 15) is 0 Å².